The maximum absolute atomic E-state index is 11.1. The van der Waals surface area contributed by atoms with Gasteiger partial charge < -0.3 is 15.2 Å². The Morgan fingerprint density at radius 1 is 1.41 bits per heavy atom. The zero-order valence-corrected chi connectivity index (χ0v) is 9.98. The molecule has 2 N–H and O–H groups in total. The van der Waals surface area contributed by atoms with Crippen molar-refractivity contribution in [3.8, 4) is 5.75 Å². The Morgan fingerprint density at radius 3 is 2.47 bits per heavy atom. The topological polar surface area (TPSA) is 75.6 Å². The average Bonchev–Trinajstić information content (AvgIpc) is 2.25. The third kappa shape index (κ3) is 3.21. The Hall–Kier alpha value is -2.04. The lowest BCUT2D eigenvalue weighted by molar-refractivity contribution is -0.141. The summed E-state index contributed by atoms with van der Waals surface area (Å²) < 4.78 is 5.04. The summed E-state index contributed by atoms with van der Waals surface area (Å²) in [6.07, 6.45) is 0. The van der Waals surface area contributed by atoms with E-state index in [1.807, 2.05) is 0 Å². The van der Waals surface area contributed by atoms with E-state index in [0.29, 0.717) is 11.3 Å². The van der Waals surface area contributed by atoms with Crippen LogP contribution in [0.3, 0.4) is 0 Å². The maximum Gasteiger partial charge on any atom is 0.330 e. The fraction of sp³-hybridized carbons (Fsp3) is 0.333. The van der Waals surface area contributed by atoms with Gasteiger partial charge in [-0.05, 0) is 30.2 Å². The van der Waals surface area contributed by atoms with E-state index in [1.54, 1.807) is 25.1 Å². The van der Waals surface area contributed by atoms with Crippen molar-refractivity contribution >= 4 is 11.9 Å². The summed E-state index contributed by atoms with van der Waals surface area (Å²) in [7, 11) is 1.54. The van der Waals surface area contributed by atoms with Gasteiger partial charge in [0.25, 0.3) is 0 Å². The van der Waals surface area contributed by atoms with Gasteiger partial charge in [0.05, 0.1) is 7.11 Å². The molecule has 1 aromatic rings. The number of carbonyl (C=O) groups excluding carboxylic acids is 1. The van der Waals surface area contributed by atoms with Crippen LogP contribution in [0.5, 0.6) is 5.75 Å². The first-order valence-electron chi connectivity index (χ1n) is 5.10. The molecular weight excluding hydrogens is 222 g/mol. The lowest BCUT2D eigenvalue weighted by atomic mass is 10.0. The van der Waals surface area contributed by atoms with Gasteiger partial charge in [-0.2, -0.15) is 0 Å². The van der Waals surface area contributed by atoms with Crippen LogP contribution in [0, 0.1) is 6.92 Å². The van der Waals surface area contributed by atoms with Crippen LogP contribution in [0.25, 0.3) is 0 Å². The van der Waals surface area contributed by atoms with Crippen molar-refractivity contribution in [3.63, 3.8) is 0 Å². The minimum Gasteiger partial charge on any atom is -0.497 e. The van der Waals surface area contributed by atoms with Crippen molar-refractivity contribution < 1.29 is 19.4 Å². The molecule has 5 heteroatoms. The second-order valence-electron chi connectivity index (χ2n) is 3.69. The number of rotatable bonds is 4. The van der Waals surface area contributed by atoms with E-state index in [4.69, 9.17) is 9.84 Å². The molecule has 0 unspecified atom stereocenters. The first kappa shape index (κ1) is 13.0. The third-order valence-corrected chi connectivity index (χ3v) is 2.38. The summed E-state index contributed by atoms with van der Waals surface area (Å²) in [6, 6.07) is 4.01. The molecule has 0 radical (unpaired) electrons. The molecular formula is C12H15NO4. The summed E-state index contributed by atoms with van der Waals surface area (Å²) in [5.41, 5.74) is 1.30. The van der Waals surface area contributed by atoms with Crippen LogP contribution in [0.1, 0.15) is 24.1 Å². The number of benzene rings is 1. The van der Waals surface area contributed by atoms with E-state index in [1.165, 1.54) is 14.0 Å². The number of aliphatic carboxylic acids is 1. The smallest absolute Gasteiger partial charge is 0.330 e. The van der Waals surface area contributed by atoms with Crippen LogP contribution >= 0.6 is 0 Å². The van der Waals surface area contributed by atoms with Gasteiger partial charge in [-0.1, -0.05) is 6.07 Å². The molecule has 0 bridgehead atoms. The fourth-order valence-corrected chi connectivity index (χ4v) is 1.57. The number of aryl methyl sites for hydroxylation is 1. The highest BCUT2D eigenvalue weighted by molar-refractivity contribution is 5.83. The van der Waals surface area contributed by atoms with E-state index >= 15 is 0 Å². The molecule has 1 rings (SSSR count). The van der Waals surface area contributed by atoms with Crippen LogP contribution in [0.4, 0.5) is 0 Å². The van der Waals surface area contributed by atoms with E-state index in [2.05, 4.69) is 5.32 Å². The van der Waals surface area contributed by atoms with Crippen molar-refractivity contribution in [2.24, 2.45) is 0 Å². The van der Waals surface area contributed by atoms with Crippen molar-refractivity contribution in [2.45, 2.75) is 19.9 Å². The van der Waals surface area contributed by atoms with Crippen molar-refractivity contribution in [1.29, 1.82) is 0 Å². The first-order valence-corrected chi connectivity index (χ1v) is 5.10. The van der Waals surface area contributed by atoms with Gasteiger partial charge >= 0.3 is 5.97 Å². The van der Waals surface area contributed by atoms with Gasteiger partial charge in [0, 0.05) is 6.92 Å². The highest BCUT2D eigenvalue weighted by Gasteiger charge is 2.22. The summed E-state index contributed by atoms with van der Waals surface area (Å²) in [4.78, 5) is 22.1. The Kier molecular flexibility index (Phi) is 4.09. The Balaban J connectivity index is 3.10. The van der Waals surface area contributed by atoms with Crippen molar-refractivity contribution in [2.75, 3.05) is 7.11 Å². The zero-order valence-electron chi connectivity index (χ0n) is 9.98. The third-order valence-electron chi connectivity index (χ3n) is 2.38. The molecule has 0 spiro atoms. The molecule has 0 heterocycles. The number of hydrogen-bond acceptors (Lipinski definition) is 3. The normalized spacial score (nSPS) is 11.7. The minimum absolute atomic E-state index is 0.382. The second kappa shape index (κ2) is 5.34. The predicted octanol–water partition coefficient (Wildman–Crippen LogP) is 1.27. The summed E-state index contributed by atoms with van der Waals surface area (Å²) in [6.45, 7) is 3.06. The molecule has 0 saturated heterocycles. The van der Waals surface area contributed by atoms with Crippen LogP contribution in [-0.2, 0) is 9.59 Å². The standard InChI is InChI=1S/C12H15NO4/c1-7-6-9(17-3)4-5-10(7)11(12(15)16)13-8(2)14/h4-6,11H,1-3H3,(H,13,14)(H,15,16)/t11-/m0/s1. The fourth-order valence-electron chi connectivity index (χ4n) is 1.57. The number of carboxylic acids is 1. The lowest BCUT2D eigenvalue weighted by Crippen LogP contribution is -2.32. The minimum atomic E-state index is -1.09. The van der Waals surface area contributed by atoms with Gasteiger partial charge in [0.2, 0.25) is 5.91 Å². The molecule has 0 fully saturated rings. The number of hydrogen-bond donors (Lipinski definition) is 2. The highest BCUT2D eigenvalue weighted by atomic mass is 16.5. The number of amides is 1. The summed E-state index contributed by atoms with van der Waals surface area (Å²) in [5, 5.41) is 11.5. The number of carbonyl (C=O) groups is 2. The largest absolute Gasteiger partial charge is 0.497 e. The van der Waals surface area contributed by atoms with Crippen LogP contribution in [0.2, 0.25) is 0 Å². The van der Waals surface area contributed by atoms with Crippen LogP contribution < -0.4 is 10.1 Å². The van der Waals surface area contributed by atoms with Crippen LogP contribution in [-0.4, -0.2) is 24.1 Å². The first-order chi connectivity index (χ1) is 7.95. The summed E-state index contributed by atoms with van der Waals surface area (Å²) in [5.74, 6) is -0.820. The quantitative estimate of drug-likeness (QED) is 0.826. The lowest BCUT2D eigenvalue weighted by Gasteiger charge is -2.16. The van der Waals surface area contributed by atoms with Crippen molar-refractivity contribution in [1.82, 2.24) is 5.32 Å². The number of ether oxygens (including phenoxy) is 1. The van der Waals surface area contributed by atoms with Gasteiger partial charge in [0.15, 0.2) is 6.04 Å². The van der Waals surface area contributed by atoms with E-state index in [0.717, 1.165) is 5.56 Å². The van der Waals surface area contributed by atoms with E-state index < -0.39 is 12.0 Å². The maximum atomic E-state index is 11.1. The van der Waals surface area contributed by atoms with Gasteiger partial charge in [0.1, 0.15) is 5.75 Å². The number of methoxy groups -OCH3 is 1. The van der Waals surface area contributed by atoms with E-state index in [-0.39, 0.29) is 5.91 Å². The molecule has 1 aromatic carbocycles. The molecule has 1 amide bonds. The molecule has 17 heavy (non-hydrogen) atoms. The van der Waals surface area contributed by atoms with Gasteiger partial charge in [-0.25, -0.2) is 4.79 Å². The van der Waals surface area contributed by atoms with Gasteiger partial charge in [-0.15, -0.1) is 0 Å². The molecule has 92 valence electrons. The molecule has 1 atom stereocenters. The molecule has 0 aliphatic rings. The zero-order chi connectivity index (χ0) is 13.0. The predicted molar refractivity (Wildman–Crippen MR) is 61.9 cm³/mol. The second-order valence-corrected chi connectivity index (χ2v) is 3.69. The molecule has 5 nitrogen and oxygen atoms in total. The van der Waals surface area contributed by atoms with Gasteiger partial charge in [-0.3, -0.25) is 4.79 Å². The molecule has 0 saturated carbocycles. The number of nitrogens with one attached hydrogen (secondary N) is 1. The summed E-state index contributed by atoms with van der Waals surface area (Å²) >= 11 is 0. The Labute approximate surface area is 99.4 Å². The van der Waals surface area contributed by atoms with E-state index in [9.17, 15) is 9.59 Å². The molecule has 0 aliphatic heterocycles. The SMILES string of the molecule is COc1ccc([C@H](NC(C)=O)C(=O)O)c(C)c1. The average molecular weight is 237 g/mol. The number of carboxylic acid groups (broad SMARTS) is 1. The Morgan fingerprint density at radius 2 is 2.06 bits per heavy atom. The monoisotopic (exact) mass is 237 g/mol. The highest BCUT2D eigenvalue weighted by Crippen LogP contribution is 2.22. The van der Waals surface area contributed by atoms with Crippen LogP contribution in [0.15, 0.2) is 18.2 Å². The molecule has 0 aromatic heterocycles. The Bertz CT molecular complexity index is 442. The molecule has 0 aliphatic carbocycles. The van der Waals surface area contributed by atoms with Crippen molar-refractivity contribution in [3.05, 3.63) is 29.3 Å².